The zero-order valence-corrected chi connectivity index (χ0v) is 32.5. The highest BCUT2D eigenvalue weighted by Gasteiger charge is 2.44. The van der Waals surface area contributed by atoms with E-state index < -0.39 is 32.8 Å². The van der Waals surface area contributed by atoms with E-state index in [-0.39, 0.29) is 23.0 Å². The maximum absolute atomic E-state index is 14.5. The maximum Gasteiger partial charge on any atom is 0.420 e. The molecule has 3 aliphatic rings. The summed E-state index contributed by atoms with van der Waals surface area (Å²) in [5.41, 5.74) is 2.42. The van der Waals surface area contributed by atoms with Gasteiger partial charge in [-0.1, -0.05) is 36.7 Å². The van der Waals surface area contributed by atoms with E-state index in [2.05, 4.69) is 39.3 Å². The molecule has 2 amide bonds. The summed E-state index contributed by atoms with van der Waals surface area (Å²) in [5, 5.41) is 0.0483. The van der Waals surface area contributed by atoms with E-state index in [4.69, 9.17) is 25.8 Å². The molecule has 1 fully saturated rings. The smallest absolute Gasteiger partial charge is 0.420 e. The second-order valence-electron chi connectivity index (χ2n) is 15.5. The SMILES string of the molecule is C=CC[C@H](C)[C@@H](C)S(=O)(=NC(=O)c1ccc2c(c1)N(C[C@@H]1CC[C@H]1[C@H](C=C)OC)C[C@@]1(CCCc3cc(Cl)ccc31)CO2)NC(=O)OC(C)(C)C. The van der Waals surface area contributed by atoms with E-state index in [1.54, 1.807) is 53.0 Å². The summed E-state index contributed by atoms with van der Waals surface area (Å²) in [6.07, 6.45) is 8.23. The Morgan fingerprint density at radius 3 is 2.61 bits per heavy atom. The Labute approximate surface area is 309 Å². The van der Waals surface area contributed by atoms with Crippen LogP contribution in [0.4, 0.5) is 10.5 Å². The van der Waals surface area contributed by atoms with Crippen LogP contribution in [0.2, 0.25) is 5.02 Å². The van der Waals surface area contributed by atoms with Crippen LogP contribution in [0.1, 0.15) is 88.2 Å². The summed E-state index contributed by atoms with van der Waals surface area (Å²) < 4.78 is 39.1. The quantitative estimate of drug-likeness (QED) is 0.230. The van der Waals surface area contributed by atoms with Crippen molar-refractivity contribution >= 4 is 39.2 Å². The van der Waals surface area contributed by atoms with Crippen molar-refractivity contribution in [2.75, 3.05) is 31.7 Å². The molecular formula is C40H54ClN3O6S. The number of methoxy groups -OCH3 is 1. The molecule has 11 heteroatoms. The highest BCUT2D eigenvalue weighted by Crippen LogP contribution is 2.47. The molecule has 2 aromatic rings. The van der Waals surface area contributed by atoms with Crippen LogP contribution in [0, 0.1) is 17.8 Å². The lowest BCUT2D eigenvalue weighted by Gasteiger charge is -2.46. The average Bonchev–Trinajstić information content (AvgIpc) is 3.20. The molecule has 7 atom stereocenters. The summed E-state index contributed by atoms with van der Waals surface area (Å²) >= 11 is 6.45. The Kier molecular flexibility index (Phi) is 12.0. The average molecular weight is 740 g/mol. The van der Waals surface area contributed by atoms with Gasteiger partial charge in [0.1, 0.15) is 21.3 Å². The third-order valence-corrected chi connectivity index (χ3v) is 13.4. The van der Waals surface area contributed by atoms with Gasteiger partial charge in [0.25, 0.3) is 5.91 Å². The van der Waals surface area contributed by atoms with Gasteiger partial charge in [-0.05, 0) is 125 Å². The molecule has 1 unspecified atom stereocenters. The van der Waals surface area contributed by atoms with Gasteiger partial charge in [-0.15, -0.1) is 17.5 Å². The Bertz CT molecular complexity index is 1760. The standard InChI is InChI=1S/C40H54ClN3O6S/c1-9-12-26(3)27(4)51(47,43-38(46)50-39(5,6)7)42-37(45)29-15-19-36-34(22-29)44(23-30-14-17-32(30)35(10-2)48-8)24-40(25-49-36)20-11-13-28-21-31(41)16-18-33(28)40/h9-10,15-16,18-19,21-22,26-27,30,32,35H,1-2,11-14,17,20,23-25H2,3-8H3,(H,42,43,45,46,47)/t26-,27+,30-,32+,35-,40-,51?/m0/s1. The van der Waals surface area contributed by atoms with Crippen LogP contribution in [0.15, 0.2) is 66.1 Å². The highest BCUT2D eigenvalue weighted by atomic mass is 35.5. The lowest BCUT2D eigenvalue weighted by Crippen LogP contribution is -2.49. The predicted molar refractivity (Wildman–Crippen MR) is 205 cm³/mol. The topological polar surface area (TPSA) is 107 Å². The number of aryl methyl sites for hydroxylation is 1. The summed E-state index contributed by atoms with van der Waals surface area (Å²) in [6.45, 7) is 18.5. The molecule has 0 radical (unpaired) electrons. The van der Waals surface area contributed by atoms with Gasteiger partial charge in [0.15, 0.2) is 0 Å². The number of anilines is 1. The minimum Gasteiger partial charge on any atom is -0.490 e. The number of fused-ring (bicyclic) bond motifs is 3. The molecule has 1 aliphatic heterocycles. The lowest BCUT2D eigenvalue weighted by atomic mass is 9.68. The molecule has 1 heterocycles. The van der Waals surface area contributed by atoms with Crippen LogP contribution in [0.5, 0.6) is 5.75 Å². The van der Waals surface area contributed by atoms with Crippen LogP contribution in [-0.4, -0.2) is 60.0 Å². The number of nitrogens with one attached hydrogen (secondary N) is 1. The van der Waals surface area contributed by atoms with Gasteiger partial charge in [0.05, 0.1) is 23.6 Å². The first kappa shape index (κ1) is 38.9. The Hall–Kier alpha value is -3.34. The molecule has 1 saturated carbocycles. The summed E-state index contributed by atoms with van der Waals surface area (Å²) in [6, 6.07) is 11.5. The first-order chi connectivity index (χ1) is 24.1. The van der Waals surface area contributed by atoms with Gasteiger partial charge in [0, 0.05) is 36.2 Å². The highest BCUT2D eigenvalue weighted by molar-refractivity contribution is 7.93. The molecule has 51 heavy (non-hydrogen) atoms. The van der Waals surface area contributed by atoms with Crippen molar-refractivity contribution in [3.05, 3.63) is 83.4 Å². The molecular weight excluding hydrogens is 686 g/mol. The molecule has 5 rings (SSSR count). The number of ether oxygens (including phenoxy) is 3. The number of nitrogens with zero attached hydrogens (tertiary/aromatic N) is 2. The van der Waals surface area contributed by atoms with E-state index in [1.165, 1.54) is 11.1 Å². The number of amides is 2. The molecule has 0 saturated heterocycles. The number of allylic oxidation sites excluding steroid dienone is 1. The van der Waals surface area contributed by atoms with Crippen molar-refractivity contribution in [3.63, 3.8) is 0 Å². The number of carbonyl (C=O) groups excluding carboxylic acids is 2. The van der Waals surface area contributed by atoms with Crippen molar-refractivity contribution in [2.45, 2.75) is 95.5 Å². The lowest BCUT2D eigenvalue weighted by molar-refractivity contribution is 0.0135. The van der Waals surface area contributed by atoms with Gasteiger partial charge in [-0.2, -0.15) is 0 Å². The van der Waals surface area contributed by atoms with Crippen molar-refractivity contribution in [2.24, 2.45) is 22.1 Å². The number of carbonyl (C=O) groups is 2. The number of rotatable bonds is 11. The number of hydrogen-bond acceptors (Lipinski definition) is 7. The van der Waals surface area contributed by atoms with Crippen LogP contribution >= 0.6 is 11.6 Å². The minimum absolute atomic E-state index is 0.0410. The zero-order valence-electron chi connectivity index (χ0n) is 30.9. The van der Waals surface area contributed by atoms with Crippen molar-refractivity contribution < 1.29 is 28.0 Å². The third-order valence-electron chi connectivity index (χ3n) is 10.8. The van der Waals surface area contributed by atoms with Gasteiger partial charge >= 0.3 is 6.09 Å². The molecule has 278 valence electrons. The van der Waals surface area contributed by atoms with Crippen molar-refractivity contribution in [1.29, 1.82) is 0 Å². The van der Waals surface area contributed by atoms with Gasteiger partial charge in [-0.3, -0.25) is 4.79 Å². The first-order valence-corrected chi connectivity index (χ1v) is 20.0. The second kappa shape index (κ2) is 15.7. The molecule has 9 nitrogen and oxygen atoms in total. The normalized spacial score (nSPS) is 24.2. The molecule has 0 aromatic heterocycles. The summed E-state index contributed by atoms with van der Waals surface area (Å²) in [5.74, 6) is 0.464. The van der Waals surface area contributed by atoms with Crippen LogP contribution < -0.4 is 14.4 Å². The summed E-state index contributed by atoms with van der Waals surface area (Å²) in [4.78, 5) is 29.3. The largest absolute Gasteiger partial charge is 0.490 e. The Morgan fingerprint density at radius 2 is 1.96 bits per heavy atom. The van der Waals surface area contributed by atoms with E-state index >= 15 is 0 Å². The Morgan fingerprint density at radius 1 is 1.20 bits per heavy atom. The van der Waals surface area contributed by atoms with Gasteiger partial charge in [-0.25, -0.2) is 13.7 Å². The third kappa shape index (κ3) is 8.66. The van der Waals surface area contributed by atoms with Crippen LogP contribution in [-0.2, 0) is 31.2 Å². The maximum atomic E-state index is 14.5. The number of halogens is 1. The predicted octanol–water partition coefficient (Wildman–Crippen LogP) is 8.69. The van der Waals surface area contributed by atoms with Gasteiger partial charge < -0.3 is 19.1 Å². The fraction of sp³-hybridized carbons (Fsp3) is 0.550. The fourth-order valence-corrected chi connectivity index (χ4v) is 9.76. The van der Waals surface area contributed by atoms with Gasteiger partial charge in [0.2, 0.25) is 0 Å². The van der Waals surface area contributed by atoms with Crippen molar-refractivity contribution in [3.8, 4) is 5.75 Å². The van der Waals surface area contributed by atoms with Crippen LogP contribution in [0.3, 0.4) is 0 Å². The fourth-order valence-electron chi connectivity index (χ4n) is 7.79. The minimum atomic E-state index is -3.62. The Balaban J connectivity index is 1.55. The molecule has 1 spiro atoms. The molecule has 0 bridgehead atoms. The van der Waals surface area contributed by atoms with E-state index in [0.717, 1.165) is 49.4 Å². The van der Waals surface area contributed by atoms with E-state index in [1.807, 2.05) is 25.1 Å². The van der Waals surface area contributed by atoms with E-state index in [0.29, 0.717) is 37.2 Å². The number of hydrogen-bond donors (Lipinski definition) is 1. The first-order valence-electron chi connectivity index (χ1n) is 18.0. The second-order valence-corrected chi connectivity index (χ2v) is 18.2. The van der Waals surface area contributed by atoms with Crippen molar-refractivity contribution in [1.82, 2.24) is 4.72 Å². The zero-order chi connectivity index (χ0) is 37.1. The van der Waals surface area contributed by atoms with Crippen LogP contribution in [0.25, 0.3) is 0 Å². The van der Waals surface area contributed by atoms with E-state index in [9.17, 15) is 13.8 Å². The number of benzene rings is 2. The molecule has 2 aromatic carbocycles. The monoisotopic (exact) mass is 739 g/mol. The summed E-state index contributed by atoms with van der Waals surface area (Å²) in [7, 11) is -1.89. The molecule has 2 aliphatic carbocycles. The molecule has 1 N–H and O–H groups in total.